The van der Waals surface area contributed by atoms with Crippen LogP contribution in [0.5, 0.6) is 0 Å². The number of hydrogen-bond acceptors (Lipinski definition) is 8. The first-order chi connectivity index (χ1) is 14.5. The number of ether oxygens (including phenoxy) is 1. The van der Waals surface area contributed by atoms with Crippen molar-refractivity contribution in [3.8, 4) is 0 Å². The largest absolute Gasteiger partial charge is 0.373 e. The molecule has 156 valence electrons. The summed E-state index contributed by atoms with van der Waals surface area (Å²) in [6.45, 7) is 5.49. The maximum Gasteiger partial charge on any atom is 0.254 e. The van der Waals surface area contributed by atoms with Crippen LogP contribution in [0.25, 0.3) is 0 Å². The minimum Gasteiger partial charge on any atom is -0.373 e. The van der Waals surface area contributed by atoms with Crippen molar-refractivity contribution in [2.75, 3.05) is 37.4 Å². The van der Waals surface area contributed by atoms with Gasteiger partial charge in [0, 0.05) is 30.2 Å². The average molecular weight is 425 g/mol. The molecule has 1 saturated heterocycles. The fourth-order valence-corrected chi connectivity index (χ4v) is 4.05. The van der Waals surface area contributed by atoms with Gasteiger partial charge in [-0.05, 0) is 38.1 Å². The second-order valence-electron chi connectivity index (χ2n) is 7.02. The Hall–Kier alpha value is -3.04. The number of pyridine rings is 2. The highest BCUT2D eigenvalue weighted by Gasteiger charge is 2.27. The van der Waals surface area contributed by atoms with Gasteiger partial charge in [-0.1, -0.05) is 6.07 Å². The van der Waals surface area contributed by atoms with Crippen molar-refractivity contribution < 1.29 is 9.53 Å². The normalized spacial score (nSPS) is 16.4. The Morgan fingerprint density at radius 2 is 2.10 bits per heavy atom. The fourth-order valence-electron chi connectivity index (χ4n) is 3.23. The number of nitrogens with zero attached hydrogens (tertiary/aromatic N) is 4. The van der Waals surface area contributed by atoms with Crippen LogP contribution in [0.3, 0.4) is 0 Å². The summed E-state index contributed by atoms with van der Waals surface area (Å²) in [5.74, 6) is 1.34. The van der Waals surface area contributed by atoms with Crippen molar-refractivity contribution in [1.82, 2.24) is 19.9 Å². The van der Waals surface area contributed by atoms with Gasteiger partial charge in [-0.3, -0.25) is 4.79 Å². The van der Waals surface area contributed by atoms with Gasteiger partial charge in [-0.25, -0.2) is 15.0 Å². The van der Waals surface area contributed by atoms with E-state index in [0.717, 1.165) is 16.5 Å². The fraction of sp³-hybridized carbons (Fsp3) is 0.333. The molecule has 0 spiro atoms. The van der Waals surface area contributed by atoms with E-state index in [1.807, 2.05) is 32.0 Å². The number of rotatable bonds is 5. The van der Waals surface area contributed by atoms with Gasteiger partial charge in [0.05, 0.1) is 24.5 Å². The third kappa shape index (κ3) is 4.42. The van der Waals surface area contributed by atoms with Crippen LogP contribution >= 0.6 is 11.3 Å². The highest BCUT2D eigenvalue weighted by atomic mass is 32.1. The number of aryl methyl sites for hydroxylation is 2. The maximum atomic E-state index is 13.0. The Morgan fingerprint density at radius 3 is 2.87 bits per heavy atom. The van der Waals surface area contributed by atoms with Gasteiger partial charge in [0.25, 0.3) is 5.91 Å². The van der Waals surface area contributed by atoms with Crippen molar-refractivity contribution in [1.29, 1.82) is 0 Å². The number of anilines is 3. The number of amides is 1. The highest BCUT2D eigenvalue weighted by Crippen LogP contribution is 2.27. The molecule has 0 aliphatic carbocycles. The molecule has 3 aromatic rings. The highest BCUT2D eigenvalue weighted by molar-refractivity contribution is 7.15. The molecule has 2 N–H and O–H groups in total. The van der Waals surface area contributed by atoms with E-state index in [2.05, 4.69) is 20.6 Å². The molecule has 0 radical (unpaired) electrons. The monoisotopic (exact) mass is 424 g/mol. The minimum absolute atomic E-state index is 0.0368. The molecule has 8 nitrogen and oxygen atoms in total. The van der Waals surface area contributed by atoms with Crippen molar-refractivity contribution in [2.45, 2.75) is 20.0 Å². The van der Waals surface area contributed by atoms with E-state index in [-0.39, 0.29) is 12.0 Å². The van der Waals surface area contributed by atoms with E-state index in [1.54, 1.807) is 41.6 Å². The summed E-state index contributed by atoms with van der Waals surface area (Å²) in [5, 5.41) is 7.04. The van der Waals surface area contributed by atoms with E-state index < -0.39 is 0 Å². The number of carbonyl (C=O) groups excluding carboxylic acids is 1. The number of aromatic nitrogens is 3. The van der Waals surface area contributed by atoms with Crippen LogP contribution in [0.4, 0.5) is 16.8 Å². The number of nitrogens with one attached hydrogen (secondary N) is 2. The lowest BCUT2D eigenvalue weighted by molar-refractivity contribution is -0.0246. The smallest absolute Gasteiger partial charge is 0.254 e. The lowest BCUT2D eigenvalue weighted by Gasteiger charge is -2.33. The van der Waals surface area contributed by atoms with Gasteiger partial charge in [0.2, 0.25) is 0 Å². The first-order valence-corrected chi connectivity index (χ1v) is 10.6. The SMILES string of the molecule is CNc1cc(C(=O)N2CCO[C@@H](c3cccc(Nc4nc(C)c(C)s4)n3)C2)ccn1. The van der Waals surface area contributed by atoms with Gasteiger partial charge in [-0.2, -0.15) is 0 Å². The molecule has 0 bridgehead atoms. The molecule has 0 aromatic carbocycles. The van der Waals surface area contributed by atoms with E-state index in [1.165, 1.54) is 4.88 Å². The van der Waals surface area contributed by atoms with Crippen LogP contribution in [0, 0.1) is 13.8 Å². The van der Waals surface area contributed by atoms with Gasteiger partial charge in [0.15, 0.2) is 5.13 Å². The van der Waals surface area contributed by atoms with Crippen LogP contribution in [0.15, 0.2) is 36.5 Å². The van der Waals surface area contributed by atoms with Gasteiger partial charge >= 0.3 is 0 Å². The summed E-state index contributed by atoms with van der Waals surface area (Å²) >= 11 is 1.60. The molecule has 1 atom stereocenters. The summed E-state index contributed by atoms with van der Waals surface area (Å²) in [6.07, 6.45) is 1.35. The molecular formula is C21H24N6O2S. The van der Waals surface area contributed by atoms with E-state index in [0.29, 0.717) is 36.9 Å². The lowest BCUT2D eigenvalue weighted by atomic mass is 10.1. The van der Waals surface area contributed by atoms with E-state index in [9.17, 15) is 4.79 Å². The Labute approximate surface area is 179 Å². The summed E-state index contributed by atoms with van der Waals surface area (Å²) < 4.78 is 5.93. The van der Waals surface area contributed by atoms with Crippen molar-refractivity contribution in [3.63, 3.8) is 0 Å². The molecule has 0 saturated carbocycles. The summed E-state index contributed by atoms with van der Waals surface area (Å²) in [4.78, 5) is 29.3. The molecule has 1 aliphatic rings. The average Bonchev–Trinajstić information content (AvgIpc) is 3.10. The molecule has 4 heterocycles. The number of morpholine rings is 1. The predicted octanol–water partition coefficient (Wildman–Crippen LogP) is 3.55. The zero-order chi connectivity index (χ0) is 21.1. The Kier molecular flexibility index (Phi) is 5.91. The standard InChI is InChI=1S/C21H24N6O2S/c1-13-14(2)30-21(24-13)26-18-6-4-5-16(25-18)17-12-27(9-10-29-17)20(28)15-7-8-23-19(11-15)22-3/h4-8,11,17H,9-10,12H2,1-3H3,(H,22,23)(H,24,25,26)/t17-/m1/s1. The van der Waals surface area contributed by atoms with Crippen LogP contribution in [0.2, 0.25) is 0 Å². The molecule has 1 aliphatic heterocycles. The van der Waals surface area contributed by atoms with Gasteiger partial charge < -0.3 is 20.3 Å². The minimum atomic E-state index is -0.283. The molecule has 4 rings (SSSR count). The number of thiazole rings is 1. The van der Waals surface area contributed by atoms with Gasteiger partial charge in [-0.15, -0.1) is 11.3 Å². The van der Waals surface area contributed by atoms with Gasteiger partial charge in [0.1, 0.15) is 17.7 Å². The molecule has 30 heavy (non-hydrogen) atoms. The summed E-state index contributed by atoms with van der Waals surface area (Å²) in [6, 6.07) is 9.25. The molecule has 3 aromatic heterocycles. The number of carbonyl (C=O) groups is 1. The van der Waals surface area contributed by atoms with Crippen LogP contribution in [-0.4, -0.2) is 52.5 Å². The van der Waals surface area contributed by atoms with Crippen molar-refractivity contribution >= 4 is 34.0 Å². The molecule has 1 amide bonds. The molecule has 1 fully saturated rings. The number of hydrogen-bond donors (Lipinski definition) is 2. The summed E-state index contributed by atoms with van der Waals surface area (Å²) in [5.41, 5.74) is 2.40. The first kappa shape index (κ1) is 20.2. The third-order valence-electron chi connectivity index (χ3n) is 4.98. The Balaban J connectivity index is 1.48. The third-order valence-corrected chi connectivity index (χ3v) is 5.97. The van der Waals surface area contributed by atoms with Crippen LogP contribution in [-0.2, 0) is 4.74 Å². The lowest BCUT2D eigenvalue weighted by Crippen LogP contribution is -2.42. The second kappa shape index (κ2) is 8.76. The Bertz CT molecular complexity index is 1030. The molecular weight excluding hydrogens is 400 g/mol. The zero-order valence-electron chi connectivity index (χ0n) is 17.2. The topological polar surface area (TPSA) is 92.3 Å². The van der Waals surface area contributed by atoms with Crippen LogP contribution < -0.4 is 10.6 Å². The zero-order valence-corrected chi connectivity index (χ0v) is 18.0. The predicted molar refractivity (Wildman–Crippen MR) is 117 cm³/mol. The molecule has 0 unspecified atom stereocenters. The van der Waals surface area contributed by atoms with E-state index in [4.69, 9.17) is 9.72 Å². The first-order valence-electron chi connectivity index (χ1n) is 9.76. The van der Waals surface area contributed by atoms with Crippen molar-refractivity contribution in [2.24, 2.45) is 0 Å². The van der Waals surface area contributed by atoms with Crippen molar-refractivity contribution in [3.05, 3.63) is 58.4 Å². The van der Waals surface area contributed by atoms with Crippen LogP contribution in [0.1, 0.15) is 32.7 Å². The second-order valence-corrected chi connectivity index (χ2v) is 8.23. The van der Waals surface area contributed by atoms with E-state index >= 15 is 0 Å². The molecule has 9 heteroatoms. The maximum absolute atomic E-state index is 13.0. The quantitative estimate of drug-likeness (QED) is 0.647. The Morgan fingerprint density at radius 1 is 1.23 bits per heavy atom. The summed E-state index contributed by atoms with van der Waals surface area (Å²) in [7, 11) is 1.78.